The van der Waals surface area contributed by atoms with Crippen LogP contribution in [0, 0.1) is 5.92 Å². The number of hydrogen-bond donors (Lipinski definition) is 0. The molecule has 0 atom stereocenters. The largest absolute Gasteiger partial charge is 0.497 e. The molecule has 0 N–H and O–H groups in total. The van der Waals surface area contributed by atoms with Gasteiger partial charge < -0.3 is 9.64 Å². The molecule has 0 saturated heterocycles. The van der Waals surface area contributed by atoms with Gasteiger partial charge in [0.25, 0.3) is 5.91 Å². The normalized spacial score (nSPS) is 10.9. The molecule has 0 saturated carbocycles. The lowest BCUT2D eigenvalue weighted by Crippen LogP contribution is -2.34. The van der Waals surface area contributed by atoms with Gasteiger partial charge in [-0.3, -0.25) is 4.79 Å². The van der Waals surface area contributed by atoms with Crippen LogP contribution in [0.3, 0.4) is 0 Å². The van der Waals surface area contributed by atoms with Gasteiger partial charge in [-0.1, -0.05) is 32.0 Å². The molecular formula is C23H27N3O2. The predicted octanol–water partition coefficient (Wildman–Crippen LogP) is 4.67. The summed E-state index contributed by atoms with van der Waals surface area (Å²) in [6, 6.07) is 17.5. The van der Waals surface area contributed by atoms with E-state index in [2.05, 4.69) is 13.8 Å². The van der Waals surface area contributed by atoms with Crippen LogP contribution < -0.4 is 4.74 Å². The summed E-state index contributed by atoms with van der Waals surface area (Å²) >= 11 is 0. The minimum atomic E-state index is 0.00389. The Balaban J connectivity index is 2.07. The molecule has 5 heteroatoms. The van der Waals surface area contributed by atoms with Crippen molar-refractivity contribution in [3.05, 3.63) is 66.4 Å². The molecule has 1 aromatic heterocycles. The Morgan fingerprint density at radius 2 is 1.79 bits per heavy atom. The molecule has 146 valence electrons. The molecule has 0 radical (unpaired) electrons. The third-order valence-electron chi connectivity index (χ3n) is 4.58. The highest BCUT2D eigenvalue weighted by atomic mass is 16.5. The topological polar surface area (TPSA) is 47.4 Å². The van der Waals surface area contributed by atoms with Crippen molar-refractivity contribution in [3.8, 4) is 22.7 Å². The lowest BCUT2D eigenvalue weighted by Gasteiger charge is -2.22. The van der Waals surface area contributed by atoms with Gasteiger partial charge in [-0.25, -0.2) is 4.68 Å². The summed E-state index contributed by atoms with van der Waals surface area (Å²) in [4.78, 5) is 15.2. The molecule has 5 nitrogen and oxygen atoms in total. The van der Waals surface area contributed by atoms with Crippen LogP contribution in [0.1, 0.15) is 31.1 Å². The third-order valence-corrected chi connectivity index (χ3v) is 4.58. The number of rotatable bonds is 7. The van der Waals surface area contributed by atoms with E-state index in [-0.39, 0.29) is 5.91 Å². The van der Waals surface area contributed by atoms with Crippen molar-refractivity contribution in [2.24, 2.45) is 5.92 Å². The molecule has 1 amide bonds. The Labute approximate surface area is 166 Å². The minimum Gasteiger partial charge on any atom is -0.497 e. The fourth-order valence-electron chi connectivity index (χ4n) is 3.17. The first kappa shape index (κ1) is 19.7. The number of aromatic nitrogens is 2. The van der Waals surface area contributed by atoms with Crippen LogP contribution in [0.5, 0.6) is 5.75 Å². The zero-order valence-electron chi connectivity index (χ0n) is 16.9. The molecule has 0 bridgehead atoms. The van der Waals surface area contributed by atoms with E-state index in [9.17, 15) is 4.79 Å². The fraction of sp³-hybridized carbons (Fsp3) is 0.304. The highest BCUT2D eigenvalue weighted by Crippen LogP contribution is 2.27. The number of carbonyl (C=O) groups is 1. The Kier molecular flexibility index (Phi) is 6.14. The van der Waals surface area contributed by atoms with Crippen molar-refractivity contribution in [2.75, 3.05) is 20.2 Å². The molecule has 28 heavy (non-hydrogen) atoms. The number of hydrogen-bond acceptors (Lipinski definition) is 3. The molecule has 0 aliphatic rings. The lowest BCUT2D eigenvalue weighted by atomic mass is 10.1. The monoisotopic (exact) mass is 377 g/mol. The molecule has 3 rings (SSSR count). The second-order valence-electron chi connectivity index (χ2n) is 7.14. The van der Waals surface area contributed by atoms with Gasteiger partial charge in [-0.2, -0.15) is 5.10 Å². The molecule has 0 aliphatic heterocycles. The number of amides is 1. The van der Waals surface area contributed by atoms with Crippen molar-refractivity contribution in [1.82, 2.24) is 14.7 Å². The van der Waals surface area contributed by atoms with E-state index in [1.807, 2.05) is 72.6 Å². The fourth-order valence-corrected chi connectivity index (χ4v) is 3.17. The van der Waals surface area contributed by atoms with Crippen LogP contribution >= 0.6 is 0 Å². The van der Waals surface area contributed by atoms with Gasteiger partial charge in [0.05, 0.1) is 18.4 Å². The van der Waals surface area contributed by atoms with Gasteiger partial charge in [0, 0.05) is 24.8 Å². The minimum absolute atomic E-state index is 0.00389. The maximum absolute atomic E-state index is 13.3. The van der Waals surface area contributed by atoms with Crippen LogP contribution in [0.2, 0.25) is 0 Å². The lowest BCUT2D eigenvalue weighted by molar-refractivity contribution is 0.0746. The molecule has 0 spiro atoms. The third kappa shape index (κ3) is 4.25. The number of nitrogens with zero attached hydrogens (tertiary/aromatic N) is 3. The van der Waals surface area contributed by atoms with E-state index in [0.29, 0.717) is 30.3 Å². The molecule has 0 aliphatic carbocycles. The van der Waals surface area contributed by atoms with Gasteiger partial charge in [0.1, 0.15) is 11.4 Å². The van der Waals surface area contributed by atoms with E-state index in [4.69, 9.17) is 9.84 Å². The zero-order chi connectivity index (χ0) is 20.1. The molecular weight excluding hydrogens is 350 g/mol. The maximum atomic E-state index is 13.3. The number of para-hydroxylation sites is 1. The van der Waals surface area contributed by atoms with Crippen LogP contribution in [-0.4, -0.2) is 40.8 Å². The molecule has 1 heterocycles. The van der Waals surface area contributed by atoms with Crippen molar-refractivity contribution in [2.45, 2.75) is 20.8 Å². The second kappa shape index (κ2) is 8.74. The Morgan fingerprint density at radius 1 is 1.11 bits per heavy atom. The van der Waals surface area contributed by atoms with Crippen LogP contribution in [0.15, 0.2) is 60.8 Å². The molecule has 2 aromatic carbocycles. The predicted molar refractivity (Wildman–Crippen MR) is 112 cm³/mol. The van der Waals surface area contributed by atoms with Gasteiger partial charge in [0.2, 0.25) is 0 Å². The summed E-state index contributed by atoms with van der Waals surface area (Å²) in [5.41, 5.74) is 3.10. The Hall–Kier alpha value is -3.08. The highest BCUT2D eigenvalue weighted by Gasteiger charge is 2.23. The maximum Gasteiger partial charge on any atom is 0.257 e. The van der Waals surface area contributed by atoms with E-state index in [1.165, 1.54) is 0 Å². The summed E-state index contributed by atoms with van der Waals surface area (Å²) in [7, 11) is 1.64. The zero-order valence-corrected chi connectivity index (χ0v) is 16.9. The second-order valence-corrected chi connectivity index (χ2v) is 7.14. The van der Waals surface area contributed by atoms with Gasteiger partial charge >= 0.3 is 0 Å². The summed E-state index contributed by atoms with van der Waals surface area (Å²) in [6.45, 7) is 7.62. The SMILES string of the molecule is CCN(CC(C)C)C(=O)c1cn(-c2ccccc2)nc1-c1ccc(OC)cc1. The van der Waals surface area contributed by atoms with Crippen molar-refractivity contribution >= 4 is 5.91 Å². The summed E-state index contributed by atoms with van der Waals surface area (Å²) in [6.07, 6.45) is 1.83. The van der Waals surface area contributed by atoms with E-state index in [0.717, 1.165) is 17.0 Å². The highest BCUT2D eigenvalue weighted by molar-refractivity contribution is 6.00. The summed E-state index contributed by atoms with van der Waals surface area (Å²) < 4.78 is 7.03. The van der Waals surface area contributed by atoms with E-state index in [1.54, 1.807) is 11.8 Å². The van der Waals surface area contributed by atoms with Crippen LogP contribution in [0.4, 0.5) is 0 Å². The van der Waals surface area contributed by atoms with Gasteiger partial charge in [-0.05, 0) is 49.2 Å². The summed E-state index contributed by atoms with van der Waals surface area (Å²) in [5, 5.41) is 4.75. The first-order valence-corrected chi connectivity index (χ1v) is 9.62. The number of ether oxygens (including phenoxy) is 1. The van der Waals surface area contributed by atoms with E-state index >= 15 is 0 Å². The average Bonchev–Trinajstić information content (AvgIpc) is 3.17. The Morgan fingerprint density at radius 3 is 2.36 bits per heavy atom. The van der Waals surface area contributed by atoms with E-state index < -0.39 is 0 Å². The van der Waals surface area contributed by atoms with Crippen LogP contribution in [0.25, 0.3) is 16.9 Å². The van der Waals surface area contributed by atoms with Crippen molar-refractivity contribution in [3.63, 3.8) is 0 Å². The number of benzene rings is 2. The van der Waals surface area contributed by atoms with Crippen molar-refractivity contribution in [1.29, 1.82) is 0 Å². The first-order chi connectivity index (χ1) is 13.5. The first-order valence-electron chi connectivity index (χ1n) is 9.62. The standard InChI is InChI=1S/C23H27N3O2/c1-5-25(15-17(2)3)23(27)21-16-26(19-9-7-6-8-10-19)24-22(21)18-11-13-20(28-4)14-12-18/h6-14,16-17H,5,15H2,1-4H3. The molecule has 0 fully saturated rings. The number of carbonyl (C=O) groups excluding carboxylic acids is 1. The molecule has 3 aromatic rings. The van der Waals surface area contributed by atoms with Gasteiger partial charge in [0.15, 0.2) is 0 Å². The molecule has 0 unspecified atom stereocenters. The smallest absolute Gasteiger partial charge is 0.257 e. The summed E-state index contributed by atoms with van der Waals surface area (Å²) in [5.74, 6) is 1.18. The number of methoxy groups -OCH3 is 1. The van der Waals surface area contributed by atoms with Crippen molar-refractivity contribution < 1.29 is 9.53 Å². The quantitative estimate of drug-likeness (QED) is 0.601. The van der Waals surface area contributed by atoms with Crippen LogP contribution in [-0.2, 0) is 0 Å². The Bertz CT molecular complexity index is 915. The van der Waals surface area contributed by atoms with Gasteiger partial charge in [-0.15, -0.1) is 0 Å². The average molecular weight is 377 g/mol.